The molecule has 2 aliphatic carbocycles. The van der Waals surface area contributed by atoms with Crippen molar-refractivity contribution in [3.05, 3.63) is 53.6 Å². The molecule has 0 aromatic heterocycles. The van der Waals surface area contributed by atoms with Gasteiger partial charge in [-0.2, -0.15) is 0 Å². The molecule has 0 radical (unpaired) electrons. The van der Waals surface area contributed by atoms with E-state index >= 15 is 0 Å². The maximum atomic E-state index is 13.9. The summed E-state index contributed by atoms with van der Waals surface area (Å²) >= 11 is 0. The Labute approximate surface area is 256 Å². The number of benzene rings is 1. The quantitative estimate of drug-likeness (QED) is 0.295. The number of rotatable bonds is 10. The second-order valence-corrected chi connectivity index (χ2v) is 13.2. The molecular weight excluding hydrogens is 575 g/mol. The van der Waals surface area contributed by atoms with E-state index in [1.165, 1.54) is 24.3 Å². The van der Waals surface area contributed by atoms with Crippen LogP contribution < -0.4 is 10.1 Å². The topological polar surface area (TPSA) is 108 Å². The third-order valence-electron chi connectivity index (χ3n) is 8.48. The van der Waals surface area contributed by atoms with E-state index in [0.717, 1.165) is 37.7 Å². The van der Waals surface area contributed by atoms with Crippen molar-refractivity contribution in [3.8, 4) is 5.75 Å². The number of nitrogens with one attached hydrogen (secondary N) is 1. The number of ether oxygens (including phenoxy) is 1. The van der Waals surface area contributed by atoms with E-state index < -0.39 is 23.9 Å². The van der Waals surface area contributed by atoms with Crippen molar-refractivity contribution >= 4 is 23.5 Å². The first-order valence-corrected chi connectivity index (χ1v) is 15.3. The summed E-state index contributed by atoms with van der Waals surface area (Å²) in [5.74, 6) is -1.64. The maximum Gasteiger partial charge on any atom is 0.573 e. The summed E-state index contributed by atoms with van der Waals surface area (Å²) in [5, 5.41) is 11.5. The summed E-state index contributed by atoms with van der Waals surface area (Å²) in [7, 11) is 0. The zero-order valence-electron chi connectivity index (χ0n) is 25.6. The molecule has 11 heteroatoms. The molecule has 4 rings (SSSR count). The number of carbonyl (C=O) groups excluding carboxylic acids is 2. The van der Waals surface area contributed by atoms with Crippen LogP contribution in [-0.4, -0.2) is 58.6 Å². The third kappa shape index (κ3) is 8.95. The largest absolute Gasteiger partial charge is 0.573 e. The molecule has 1 spiro atoms. The van der Waals surface area contributed by atoms with Crippen LogP contribution >= 0.6 is 0 Å². The van der Waals surface area contributed by atoms with Gasteiger partial charge in [-0.15, -0.1) is 13.2 Å². The number of carboxylic acid groups (broad SMARTS) is 1. The summed E-state index contributed by atoms with van der Waals surface area (Å²) in [6, 6.07) is 5.29. The monoisotopic (exact) mass is 617 g/mol. The molecule has 2 N–H and O–H groups in total. The number of hydrogen-bond acceptors (Lipinski definition) is 5. The Morgan fingerprint density at radius 2 is 1.82 bits per heavy atom. The molecule has 8 nitrogen and oxygen atoms in total. The molecule has 1 aromatic carbocycles. The van der Waals surface area contributed by atoms with E-state index in [9.17, 15) is 27.6 Å². The summed E-state index contributed by atoms with van der Waals surface area (Å²) in [6.45, 7) is 7.19. The van der Waals surface area contributed by atoms with Crippen LogP contribution in [0.25, 0.3) is 0 Å². The van der Waals surface area contributed by atoms with Crippen molar-refractivity contribution < 1.29 is 37.4 Å². The van der Waals surface area contributed by atoms with Gasteiger partial charge >= 0.3 is 12.3 Å². The maximum absolute atomic E-state index is 13.9. The molecule has 1 atom stereocenters. The van der Waals surface area contributed by atoms with Crippen molar-refractivity contribution in [2.24, 2.45) is 22.2 Å². The summed E-state index contributed by atoms with van der Waals surface area (Å²) < 4.78 is 42.0. The van der Waals surface area contributed by atoms with E-state index in [2.05, 4.69) is 30.8 Å². The lowest BCUT2D eigenvalue weighted by Crippen LogP contribution is -2.49. The fraction of sp³-hybridized carbons (Fsp3) is 0.576. The molecule has 44 heavy (non-hydrogen) atoms. The van der Waals surface area contributed by atoms with Gasteiger partial charge in [0.2, 0.25) is 5.91 Å². The number of nitrogens with zero attached hydrogens (tertiary/aromatic N) is 2. The molecule has 0 bridgehead atoms. The Bertz CT molecular complexity index is 1300. The van der Waals surface area contributed by atoms with Gasteiger partial charge in [0.15, 0.2) is 0 Å². The van der Waals surface area contributed by atoms with E-state index in [4.69, 9.17) is 10.1 Å². The van der Waals surface area contributed by atoms with Crippen LogP contribution in [0.15, 0.2) is 53.1 Å². The SMILES string of the molecule is CC(C)(C)CC1CCC2(CC1)N=C(c1ccc(OC(F)(F)F)cc1)C(=O)N2CCC1=CCC(C(=O)NCCC(=O)O)C=CC1. The molecule has 240 valence electrons. The number of aliphatic carboxylic acids is 1. The Morgan fingerprint density at radius 3 is 2.43 bits per heavy atom. The minimum absolute atomic E-state index is 0.0747. The van der Waals surface area contributed by atoms with Gasteiger partial charge in [-0.25, -0.2) is 0 Å². The second-order valence-electron chi connectivity index (χ2n) is 13.2. The fourth-order valence-corrected chi connectivity index (χ4v) is 6.45. The molecule has 1 saturated carbocycles. The molecule has 3 aliphatic rings. The highest BCUT2D eigenvalue weighted by Gasteiger charge is 2.49. The number of halogens is 3. The van der Waals surface area contributed by atoms with Crippen LogP contribution in [0.3, 0.4) is 0 Å². The van der Waals surface area contributed by atoms with Gasteiger partial charge in [-0.3, -0.25) is 19.4 Å². The molecule has 2 amide bonds. The van der Waals surface area contributed by atoms with Crippen molar-refractivity contribution in [2.45, 2.75) is 90.6 Å². The van der Waals surface area contributed by atoms with Gasteiger partial charge < -0.3 is 20.1 Å². The predicted molar refractivity (Wildman–Crippen MR) is 160 cm³/mol. The van der Waals surface area contributed by atoms with E-state index in [-0.39, 0.29) is 41.7 Å². The Morgan fingerprint density at radius 1 is 1.14 bits per heavy atom. The number of alkyl halides is 3. The average Bonchev–Trinajstić information content (AvgIpc) is 3.05. The Balaban J connectivity index is 1.48. The highest BCUT2D eigenvalue weighted by molar-refractivity contribution is 6.46. The highest BCUT2D eigenvalue weighted by atomic mass is 19.4. The number of allylic oxidation sites excluding steroid dienone is 2. The minimum Gasteiger partial charge on any atom is -0.481 e. The number of carbonyl (C=O) groups is 3. The zero-order valence-corrected chi connectivity index (χ0v) is 25.6. The number of hydrogen-bond donors (Lipinski definition) is 2. The number of amides is 2. The first-order chi connectivity index (χ1) is 20.6. The first kappa shape index (κ1) is 33.3. The van der Waals surface area contributed by atoms with Gasteiger partial charge in [-0.1, -0.05) is 44.6 Å². The van der Waals surface area contributed by atoms with Crippen LogP contribution in [0.5, 0.6) is 5.75 Å². The van der Waals surface area contributed by atoms with E-state index in [1.807, 2.05) is 23.1 Å². The van der Waals surface area contributed by atoms with Crippen molar-refractivity contribution in [1.82, 2.24) is 10.2 Å². The Hall–Kier alpha value is -3.63. The summed E-state index contributed by atoms with van der Waals surface area (Å²) in [5.41, 5.74) is 1.30. The third-order valence-corrected chi connectivity index (χ3v) is 8.48. The standard InChI is InChI=1S/C33H42F3N3O5/c1-31(2,3)21-23-13-17-32(18-14-23)38-28(24-9-11-26(12-10-24)44-33(34,35)36)30(43)39(32)20-16-22-5-4-6-25(8-7-22)29(42)37-19-15-27(40)41/h4,6-7,9-12,23,25H,5,8,13-21H2,1-3H3,(H,37,42)(H,40,41). The first-order valence-electron chi connectivity index (χ1n) is 15.3. The van der Waals surface area contributed by atoms with Gasteiger partial charge in [0.25, 0.3) is 5.91 Å². The highest BCUT2D eigenvalue weighted by Crippen LogP contribution is 2.45. The van der Waals surface area contributed by atoms with Gasteiger partial charge in [0.05, 0.1) is 12.3 Å². The van der Waals surface area contributed by atoms with Crippen molar-refractivity contribution in [2.75, 3.05) is 13.1 Å². The van der Waals surface area contributed by atoms with Crippen LogP contribution in [-0.2, 0) is 14.4 Å². The van der Waals surface area contributed by atoms with Crippen LogP contribution in [0.4, 0.5) is 13.2 Å². The normalized spacial score (nSPS) is 24.1. The van der Waals surface area contributed by atoms with Gasteiger partial charge in [-0.05, 0) is 87.0 Å². The zero-order chi connectivity index (χ0) is 32.1. The molecule has 1 unspecified atom stereocenters. The molecule has 1 fully saturated rings. The molecule has 1 aliphatic heterocycles. The van der Waals surface area contributed by atoms with Gasteiger partial charge in [0, 0.05) is 18.7 Å². The van der Waals surface area contributed by atoms with Crippen LogP contribution in [0, 0.1) is 17.3 Å². The lowest BCUT2D eigenvalue weighted by atomic mass is 9.74. The molecule has 1 aromatic rings. The smallest absolute Gasteiger partial charge is 0.481 e. The molecular formula is C33H42F3N3O5. The summed E-state index contributed by atoms with van der Waals surface area (Å²) in [4.78, 5) is 44.0. The lowest BCUT2D eigenvalue weighted by Gasteiger charge is -2.43. The average molecular weight is 618 g/mol. The molecule has 1 heterocycles. The fourth-order valence-electron chi connectivity index (χ4n) is 6.45. The van der Waals surface area contributed by atoms with Crippen molar-refractivity contribution in [3.63, 3.8) is 0 Å². The number of carboxylic acids is 1. The predicted octanol–water partition coefficient (Wildman–Crippen LogP) is 6.41. The minimum atomic E-state index is -4.80. The second kappa shape index (κ2) is 13.6. The number of aliphatic imine (C=N–C) groups is 1. The van der Waals surface area contributed by atoms with Gasteiger partial charge in [0.1, 0.15) is 17.1 Å². The molecule has 0 saturated heterocycles. The van der Waals surface area contributed by atoms with Crippen molar-refractivity contribution in [1.29, 1.82) is 0 Å². The lowest BCUT2D eigenvalue weighted by molar-refractivity contribution is -0.274. The van der Waals surface area contributed by atoms with E-state index in [0.29, 0.717) is 37.3 Å². The van der Waals surface area contributed by atoms with E-state index in [1.54, 1.807) is 0 Å². The Kier molecular flexibility index (Phi) is 10.3. The summed E-state index contributed by atoms with van der Waals surface area (Å²) in [6.07, 6.45) is 6.95. The van der Waals surface area contributed by atoms with Crippen LogP contribution in [0.2, 0.25) is 0 Å². The van der Waals surface area contributed by atoms with Crippen LogP contribution in [0.1, 0.15) is 84.1 Å².